The number of amides is 1. The number of carbonyl (C=O) groups is 2. The number of alkyl carbamates (subject to hydrolysis) is 1. The van der Waals surface area contributed by atoms with Crippen molar-refractivity contribution in [1.29, 1.82) is 0 Å². The van der Waals surface area contributed by atoms with Crippen molar-refractivity contribution in [2.45, 2.75) is 18.4 Å². The van der Waals surface area contributed by atoms with E-state index in [1.165, 1.54) is 5.56 Å². The van der Waals surface area contributed by atoms with Crippen LogP contribution in [0.15, 0.2) is 60.7 Å². The minimum absolute atomic E-state index is 0.190. The van der Waals surface area contributed by atoms with Gasteiger partial charge in [0.15, 0.2) is 0 Å². The fourth-order valence-electron chi connectivity index (χ4n) is 1.91. The minimum atomic E-state index is -0.578. The molecule has 120 valence electrons. The van der Waals surface area contributed by atoms with E-state index in [-0.39, 0.29) is 6.61 Å². The standard InChI is InChI=1S/C18H19NO3S/c20-11-17(14-23-13-16-9-5-2-6-10-16)19-18(21)22-12-15-7-3-1-4-8-15/h1-11,17H,12-14H2,(H,19,21). The lowest BCUT2D eigenvalue weighted by Crippen LogP contribution is -2.38. The number of ether oxygens (including phenoxy) is 1. The third kappa shape index (κ3) is 6.57. The Morgan fingerprint density at radius 1 is 1.04 bits per heavy atom. The maximum absolute atomic E-state index is 11.7. The third-order valence-corrected chi connectivity index (χ3v) is 4.22. The zero-order valence-corrected chi connectivity index (χ0v) is 13.5. The molecule has 23 heavy (non-hydrogen) atoms. The van der Waals surface area contributed by atoms with Crippen molar-refractivity contribution in [2.24, 2.45) is 0 Å². The van der Waals surface area contributed by atoms with Crippen LogP contribution in [-0.4, -0.2) is 24.2 Å². The summed E-state index contributed by atoms with van der Waals surface area (Å²) in [7, 11) is 0. The van der Waals surface area contributed by atoms with Gasteiger partial charge in [0.25, 0.3) is 0 Å². The number of thioether (sulfide) groups is 1. The molecule has 0 saturated carbocycles. The number of hydrogen-bond acceptors (Lipinski definition) is 4. The fourth-order valence-corrected chi connectivity index (χ4v) is 2.87. The smallest absolute Gasteiger partial charge is 0.408 e. The Kier molecular flexibility index (Phi) is 7.20. The second-order valence-electron chi connectivity index (χ2n) is 4.95. The van der Waals surface area contributed by atoms with E-state index in [0.717, 1.165) is 17.6 Å². The summed E-state index contributed by atoms with van der Waals surface area (Å²) in [6.07, 6.45) is 0.160. The van der Waals surface area contributed by atoms with Gasteiger partial charge in [0.2, 0.25) is 0 Å². The van der Waals surface area contributed by atoms with Crippen LogP contribution in [0.4, 0.5) is 4.79 Å². The molecule has 1 unspecified atom stereocenters. The van der Waals surface area contributed by atoms with Crippen LogP contribution in [0.3, 0.4) is 0 Å². The van der Waals surface area contributed by atoms with Crippen LogP contribution in [-0.2, 0) is 21.9 Å². The van der Waals surface area contributed by atoms with E-state index in [4.69, 9.17) is 4.74 Å². The van der Waals surface area contributed by atoms with E-state index in [9.17, 15) is 9.59 Å². The van der Waals surface area contributed by atoms with Crippen LogP contribution in [0.1, 0.15) is 11.1 Å². The van der Waals surface area contributed by atoms with Crippen molar-refractivity contribution in [2.75, 3.05) is 5.75 Å². The summed E-state index contributed by atoms with van der Waals surface area (Å²) in [5.74, 6) is 1.31. The van der Waals surface area contributed by atoms with E-state index >= 15 is 0 Å². The molecule has 1 atom stereocenters. The molecule has 0 fully saturated rings. The van der Waals surface area contributed by atoms with Crippen molar-refractivity contribution < 1.29 is 14.3 Å². The zero-order chi connectivity index (χ0) is 16.3. The first kappa shape index (κ1) is 17.1. The normalized spacial score (nSPS) is 11.5. The second-order valence-corrected chi connectivity index (χ2v) is 5.98. The summed E-state index contributed by atoms with van der Waals surface area (Å²) in [4.78, 5) is 22.8. The fraction of sp³-hybridized carbons (Fsp3) is 0.222. The Bertz CT molecular complexity index is 604. The van der Waals surface area contributed by atoms with Crippen molar-refractivity contribution >= 4 is 24.1 Å². The molecular formula is C18H19NO3S. The molecule has 0 aliphatic heterocycles. The highest BCUT2D eigenvalue weighted by Gasteiger charge is 2.12. The number of hydrogen-bond donors (Lipinski definition) is 1. The van der Waals surface area contributed by atoms with Gasteiger partial charge in [-0.05, 0) is 11.1 Å². The lowest BCUT2D eigenvalue weighted by Gasteiger charge is -2.13. The molecule has 2 aromatic rings. The molecule has 2 aromatic carbocycles. The van der Waals surface area contributed by atoms with Gasteiger partial charge >= 0.3 is 6.09 Å². The summed E-state index contributed by atoms with van der Waals surface area (Å²) in [5.41, 5.74) is 2.09. The van der Waals surface area contributed by atoms with Gasteiger partial charge in [0.05, 0.1) is 6.04 Å². The Morgan fingerprint density at radius 3 is 2.26 bits per heavy atom. The van der Waals surface area contributed by atoms with E-state index < -0.39 is 12.1 Å². The maximum atomic E-state index is 11.7. The SMILES string of the molecule is O=CC(CSCc1ccccc1)NC(=O)OCc1ccccc1. The average Bonchev–Trinajstić information content (AvgIpc) is 2.61. The number of aldehydes is 1. The predicted octanol–water partition coefficient (Wildman–Crippen LogP) is 3.41. The van der Waals surface area contributed by atoms with Crippen LogP contribution < -0.4 is 5.32 Å². The Balaban J connectivity index is 1.69. The van der Waals surface area contributed by atoms with Crippen LogP contribution >= 0.6 is 11.8 Å². The van der Waals surface area contributed by atoms with Crippen LogP contribution in [0, 0.1) is 0 Å². The quantitative estimate of drug-likeness (QED) is 0.754. The van der Waals surface area contributed by atoms with Crippen LogP contribution in [0.5, 0.6) is 0 Å². The molecule has 0 spiro atoms. The van der Waals surface area contributed by atoms with Crippen LogP contribution in [0.25, 0.3) is 0 Å². The Labute approximate surface area is 140 Å². The number of rotatable bonds is 8. The van der Waals surface area contributed by atoms with Gasteiger partial charge in [-0.15, -0.1) is 0 Å². The second kappa shape index (κ2) is 9.69. The summed E-state index contributed by atoms with van der Waals surface area (Å²) >= 11 is 1.59. The molecule has 4 nitrogen and oxygen atoms in total. The molecular weight excluding hydrogens is 310 g/mol. The predicted molar refractivity (Wildman–Crippen MR) is 92.2 cm³/mol. The van der Waals surface area contributed by atoms with E-state index in [1.807, 2.05) is 60.7 Å². The van der Waals surface area contributed by atoms with Crippen LogP contribution in [0.2, 0.25) is 0 Å². The van der Waals surface area contributed by atoms with Gasteiger partial charge in [-0.2, -0.15) is 11.8 Å². The minimum Gasteiger partial charge on any atom is -0.445 e. The van der Waals surface area contributed by atoms with E-state index in [1.54, 1.807) is 11.8 Å². The Morgan fingerprint density at radius 2 is 1.65 bits per heavy atom. The monoisotopic (exact) mass is 329 g/mol. The molecule has 5 heteroatoms. The lowest BCUT2D eigenvalue weighted by atomic mass is 10.2. The van der Waals surface area contributed by atoms with Gasteiger partial charge in [0.1, 0.15) is 12.9 Å². The number of nitrogens with one attached hydrogen (secondary N) is 1. The molecule has 0 aliphatic carbocycles. The molecule has 0 bridgehead atoms. The first-order valence-corrected chi connectivity index (χ1v) is 8.47. The summed E-state index contributed by atoms with van der Waals surface area (Å²) < 4.78 is 5.11. The highest BCUT2D eigenvalue weighted by molar-refractivity contribution is 7.98. The molecule has 2 rings (SSSR count). The summed E-state index contributed by atoms with van der Waals surface area (Å²) in [6.45, 7) is 0.190. The van der Waals surface area contributed by atoms with Crippen molar-refractivity contribution in [3.63, 3.8) is 0 Å². The summed E-state index contributed by atoms with van der Waals surface area (Å²) in [5, 5.41) is 2.57. The third-order valence-electron chi connectivity index (χ3n) is 3.09. The Hall–Kier alpha value is -2.27. The molecule has 0 aromatic heterocycles. The zero-order valence-electron chi connectivity index (χ0n) is 12.7. The molecule has 0 saturated heterocycles. The lowest BCUT2D eigenvalue weighted by molar-refractivity contribution is -0.109. The van der Waals surface area contributed by atoms with Crippen molar-refractivity contribution in [3.05, 3.63) is 71.8 Å². The van der Waals surface area contributed by atoms with Gasteiger partial charge < -0.3 is 14.8 Å². The number of carbonyl (C=O) groups excluding carboxylic acids is 2. The van der Waals surface area contributed by atoms with E-state index in [2.05, 4.69) is 5.32 Å². The first-order valence-electron chi connectivity index (χ1n) is 7.32. The van der Waals surface area contributed by atoms with E-state index in [0.29, 0.717) is 5.75 Å². The largest absolute Gasteiger partial charge is 0.445 e. The van der Waals surface area contributed by atoms with Gasteiger partial charge in [-0.1, -0.05) is 60.7 Å². The molecule has 0 heterocycles. The molecule has 0 radical (unpaired) electrons. The highest BCUT2D eigenvalue weighted by atomic mass is 32.2. The molecule has 1 amide bonds. The van der Waals surface area contributed by atoms with Crippen molar-refractivity contribution in [3.8, 4) is 0 Å². The topological polar surface area (TPSA) is 55.4 Å². The van der Waals surface area contributed by atoms with Gasteiger partial charge in [0, 0.05) is 11.5 Å². The molecule has 0 aliphatic rings. The van der Waals surface area contributed by atoms with Crippen molar-refractivity contribution in [1.82, 2.24) is 5.32 Å². The number of benzene rings is 2. The molecule has 1 N–H and O–H groups in total. The van der Waals surface area contributed by atoms with Gasteiger partial charge in [-0.25, -0.2) is 4.79 Å². The first-order chi connectivity index (χ1) is 11.3. The average molecular weight is 329 g/mol. The maximum Gasteiger partial charge on any atom is 0.408 e. The highest BCUT2D eigenvalue weighted by Crippen LogP contribution is 2.12. The van der Waals surface area contributed by atoms with Gasteiger partial charge in [-0.3, -0.25) is 0 Å². The summed E-state index contributed by atoms with van der Waals surface area (Å²) in [6, 6.07) is 18.8.